The van der Waals surface area contributed by atoms with Crippen LogP contribution in [0.2, 0.25) is 0 Å². The number of fused-ring (bicyclic) bond motifs is 1. The number of nitrogens with one attached hydrogen (secondary N) is 1. The number of benzene rings is 1. The second kappa shape index (κ2) is 5.81. The van der Waals surface area contributed by atoms with Crippen molar-refractivity contribution in [1.29, 1.82) is 0 Å². The maximum atomic E-state index is 12.5. The Morgan fingerprint density at radius 1 is 1.38 bits per heavy atom. The van der Waals surface area contributed by atoms with Crippen molar-refractivity contribution in [2.45, 2.75) is 26.2 Å². The van der Waals surface area contributed by atoms with Crippen molar-refractivity contribution in [3.05, 3.63) is 29.3 Å². The lowest BCUT2D eigenvalue weighted by Gasteiger charge is -2.23. The van der Waals surface area contributed by atoms with Gasteiger partial charge in [0.15, 0.2) is 0 Å². The molecule has 3 amide bonds. The van der Waals surface area contributed by atoms with Crippen LogP contribution < -0.4 is 11.1 Å². The zero-order valence-electron chi connectivity index (χ0n) is 13.5. The molecule has 1 aliphatic carbocycles. The molecule has 128 valence electrons. The largest absolute Gasteiger partial charge is 0.481 e. The number of aryl methyl sites for hydroxylation is 1. The van der Waals surface area contributed by atoms with Gasteiger partial charge in [0.05, 0.1) is 5.41 Å². The monoisotopic (exact) mass is 331 g/mol. The smallest absolute Gasteiger partial charge is 0.321 e. The second-order valence-corrected chi connectivity index (χ2v) is 6.76. The van der Waals surface area contributed by atoms with Gasteiger partial charge in [0.1, 0.15) is 0 Å². The summed E-state index contributed by atoms with van der Waals surface area (Å²) in [4.78, 5) is 37.1. The predicted molar refractivity (Wildman–Crippen MR) is 87.7 cm³/mol. The highest BCUT2D eigenvalue weighted by molar-refractivity contribution is 5.97. The van der Waals surface area contributed by atoms with E-state index in [9.17, 15) is 19.5 Å². The highest BCUT2D eigenvalue weighted by Crippen LogP contribution is 2.48. The zero-order chi connectivity index (χ0) is 17.5. The summed E-state index contributed by atoms with van der Waals surface area (Å²) in [6, 6.07) is 4.61. The molecule has 2 aliphatic rings. The van der Waals surface area contributed by atoms with Gasteiger partial charge in [-0.3, -0.25) is 9.59 Å². The van der Waals surface area contributed by atoms with Crippen molar-refractivity contribution in [2.24, 2.45) is 17.1 Å². The summed E-state index contributed by atoms with van der Waals surface area (Å²) >= 11 is 0. The number of carboxylic acid groups (broad SMARTS) is 1. The number of carbonyl (C=O) groups is 3. The topological polar surface area (TPSA) is 113 Å². The van der Waals surface area contributed by atoms with Crippen LogP contribution in [0.15, 0.2) is 18.2 Å². The molecule has 2 fully saturated rings. The lowest BCUT2D eigenvalue weighted by Crippen LogP contribution is -2.38. The molecule has 4 N–H and O–H groups in total. The molecule has 0 spiro atoms. The maximum Gasteiger partial charge on any atom is 0.321 e. The van der Waals surface area contributed by atoms with Crippen molar-refractivity contribution in [2.75, 3.05) is 18.4 Å². The van der Waals surface area contributed by atoms with Crippen molar-refractivity contribution in [3.63, 3.8) is 0 Å². The Bertz CT molecular complexity index is 718. The molecule has 1 aliphatic heterocycles. The Morgan fingerprint density at radius 2 is 2.12 bits per heavy atom. The number of likely N-dealkylation sites (tertiary alicyclic amines) is 1. The average molecular weight is 331 g/mol. The molecule has 3 rings (SSSR count). The van der Waals surface area contributed by atoms with E-state index in [0.717, 1.165) is 18.4 Å². The normalized spacial score (nSPS) is 25.4. The van der Waals surface area contributed by atoms with Crippen LogP contribution in [0, 0.1) is 18.3 Å². The molecule has 0 aromatic heterocycles. The van der Waals surface area contributed by atoms with Gasteiger partial charge >= 0.3 is 12.0 Å². The molecule has 1 heterocycles. The third-order valence-electron chi connectivity index (χ3n) is 5.34. The number of amides is 3. The summed E-state index contributed by atoms with van der Waals surface area (Å²) in [5, 5.41) is 12.3. The zero-order valence-corrected chi connectivity index (χ0v) is 13.5. The molecule has 7 nitrogen and oxygen atoms in total. The van der Waals surface area contributed by atoms with Crippen LogP contribution in [-0.2, 0) is 4.79 Å². The summed E-state index contributed by atoms with van der Waals surface area (Å²) in [5.41, 5.74) is 6.08. The van der Waals surface area contributed by atoms with Crippen molar-refractivity contribution < 1.29 is 19.5 Å². The van der Waals surface area contributed by atoms with Gasteiger partial charge < -0.3 is 21.1 Å². The Morgan fingerprint density at radius 3 is 2.75 bits per heavy atom. The van der Waals surface area contributed by atoms with E-state index in [2.05, 4.69) is 5.32 Å². The molecule has 0 bridgehead atoms. The van der Waals surface area contributed by atoms with Gasteiger partial charge in [-0.1, -0.05) is 12.5 Å². The molecule has 24 heavy (non-hydrogen) atoms. The number of aliphatic carboxylic acids is 1. The Hall–Kier alpha value is -2.57. The number of nitrogens with zero attached hydrogens (tertiary/aromatic N) is 1. The Labute approximate surface area is 139 Å². The quantitative estimate of drug-likeness (QED) is 0.784. The maximum absolute atomic E-state index is 12.5. The van der Waals surface area contributed by atoms with E-state index in [1.165, 1.54) is 0 Å². The standard InChI is InChI=1S/C17H21N3O4/c1-10-4-5-12(7-13(10)14(18)21)19-16(24)20-8-11-3-2-6-17(11,9-20)15(22)23/h4-5,7,11H,2-3,6,8-9H2,1H3,(H2,18,21)(H,19,24)(H,22,23)/t11-,17+/m0/s1. The number of carbonyl (C=O) groups excluding carboxylic acids is 2. The number of primary amides is 1. The van der Waals surface area contributed by atoms with Crippen LogP contribution in [0.1, 0.15) is 35.2 Å². The van der Waals surface area contributed by atoms with Gasteiger partial charge in [-0.25, -0.2) is 4.79 Å². The average Bonchev–Trinajstić information content (AvgIpc) is 3.06. The van der Waals surface area contributed by atoms with Crippen molar-refractivity contribution in [1.82, 2.24) is 4.90 Å². The van der Waals surface area contributed by atoms with E-state index < -0.39 is 17.3 Å². The van der Waals surface area contributed by atoms with Crippen molar-refractivity contribution >= 4 is 23.6 Å². The van der Waals surface area contributed by atoms with Crippen LogP contribution in [0.4, 0.5) is 10.5 Å². The lowest BCUT2D eigenvalue weighted by atomic mass is 9.81. The van der Waals surface area contributed by atoms with Gasteiger partial charge in [0.25, 0.3) is 0 Å². The van der Waals surface area contributed by atoms with E-state index in [-0.39, 0.29) is 18.5 Å². The molecule has 7 heteroatoms. The number of nitrogens with two attached hydrogens (primary N) is 1. The first-order valence-electron chi connectivity index (χ1n) is 8.03. The predicted octanol–water partition coefficient (Wildman–Crippen LogP) is 1.81. The summed E-state index contributed by atoms with van der Waals surface area (Å²) < 4.78 is 0. The number of rotatable bonds is 3. The molecular weight excluding hydrogens is 310 g/mol. The second-order valence-electron chi connectivity index (χ2n) is 6.76. The highest BCUT2D eigenvalue weighted by atomic mass is 16.4. The third-order valence-corrected chi connectivity index (χ3v) is 5.34. The van der Waals surface area contributed by atoms with Crippen LogP contribution in [0.3, 0.4) is 0 Å². The molecular formula is C17H21N3O4. The molecule has 1 saturated heterocycles. The molecule has 2 atom stereocenters. The molecule has 1 saturated carbocycles. The van der Waals surface area contributed by atoms with Crippen LogP contribution in [0.25, 0.3) is 0 Å². The SMILES string of the molecule is Cc1ccc(NC(=O)N2C[C@@H]3CCC[C@@]3(C(=O)O)C2)cc1C(N)=O. The van der Waals surface area contributed by atoms with E-state index >= 15 is 0 Å². The minimum absolute atomic E-state index is 0.0138. The minimum Gasteiger partial charge on any atom is -0.481 e. The number of hydrogen-bond donors (Lipinski definition) is 3. The molecule has 1 aromatic carbocycles. The van der Waals surface area contributed by atoms with Gasteiger partial charge in [-0.2, -0.15) is 0 Å². The fourth-order valence-corrected chi connectivity index (χ4v) is 3.96. The number of anilines is 1. The fraction of sp³-hybridized carbons (Fsp3) is 0.471. The van der Waals surface area contributed by atoms with Gasteiger partial charge in [0, 0.05) is 24.3 Å². The molecule has 0 radical (unpaired) electrons. The first-order chi connectivity index (χ1) is 11.3. The third kappa shape index (κ3) is 2.60. The summed E-state index contributed by atoms with van der Waals surface area (Å²) in [7, 11) is 0. The van der Waals surface area contributed by atoms with E-state index in [4.69, 9.17) is 5.73 Å². The number of hydrogen-bond acceptors (Lipinski definition) is 3. The Kier molecular flexibility index (Phi) is 3.95. The first-order valence-corrected chi connectivity index (χ1v) is 8.03. The van der Waals surface area contributed by atoms with Gasteiger partial charge in [-0.15, -0.1) is 0 Å². The highest BCUT2D eigenvalue weighted by Gasteiger charge is 2.55. The van der Waals surface area contributed by atoms with E-state index in [1.807, 2.05) is 0 Å². The van der Waals surface area contributed by atoms with E-state index in [0.29, 0.717) is 24.2 Å². The van der Waals surface area contributed by atoms with Crippen molar-refractivity contribution in [3.8, 4) is 0 Å². The van der Waals surface area contributed by atoms with Crippen LogP contribution in [0.5, 0.6) is 0 Å². The minimum atomic E-state index is -0.813. The van der Waals surface area contributed by atoms with E-state index in [1.54, 1.807) is 30.0 Å². The number of urea groups is 1. The summed E-state index contributed by atoms with van der Waals surface area (Å²) in [6.07, 6.45) is 2.35. The number of carboxylic acids is 1. The molecule has 0 unspecified atom stereocenters. The van der Waals surface area contributed by atoms with Gasteiger partial charge in [0.2, 0.25) is 5.91 Å². The van der Waals surface area contributed by atoms with Crippen LogP contribution >= 0.6 is 0 Å². The fourth-order valence-electron chi connectivity index (χ4n) is 3.96. The molecule has 1 aromatic rings. The first kappa shape index (κ1) is 16.3. The summed E-state index contributed by atoms with van der Waals surface area (Å²) in [6.45, 7) is 2.45. The lowest BCUT2D eigenvalue weighted by molar-refractivity contribution is -0.149. The summed E-state index contributed by atoms with van der Waals surface area (Å²) in [5.74, 6) is -1.35. The van der Waals surface area contributed by atoms with Crippen LogP contribution in [-0.4, -0.2) is 41.0 Å². The Balaban J connectivity index is 1.74. The van der Waals surface area contributed by atoms with Gasteiger partial charge in [-0.05, 0) is 43.4 Å².